The molecular weight excluding hydrogens is 180 g/mol. The van der Waals surface area contributed by atoms with Gasteiger partial charge >= 0.3 is 0 Å². The largest absolute Gasteiger partial charge is 0.381 e. The Morgan fingerprint density at radius 3 is 2.93 bits per heavy atom. The SMILES string of the molecule is CC(CCN)N(C)C(=O)C1CCOC1. The Morgan fingerprint density at radius 2 is 2.43 bits per heavy atom. The molecular formula is C10H20N2O2. The standard InChI is InChI=1S/C10H20N2O2/c1-8(3-5-11)12(2)10(13)9-4-6-14-7-9/h8-9H,3-7,11H2,1-2H3. The normalized spacial score (nSPS) is 23.5. The molecule has 2 atom stereocenters. The number of amides is 1. The maximum absolute atomic E-state index is 11.9. The molecule has 0 aromatic carbocycles. The van der Waals surface area contributed by atoms with Gasteiger partial charge in [0, 0.05) is 19.7 Å². The number of carbonyl (C=O) groups is 1. The summed E-state index contributed by atoms with van der Waals surface area (Å²) in [7, 11) is 1.85. The zero-order valence-electron chi connectivity index (χ0n) is 9.03. The zero-order chi connectivity index (χ0) is 10.6. The number of carbonyl (C=O) groups excluding carboxylic acids is 1. The second kappa shape index (κ2) is 5.32. The molecule has 1 amide bonds. The Bertz CT molecular complexity index is 191. The zero-order valence-corrected chi connectivity index (χ0v) is 9.03. The van der Waals surface area contributed by atoms with Crippen molar-refractivity contribution in [3.05, 3.63) is 0 Å². The van der Waals surface area contributed by atoms with Crippen LogP contribution in [0.5, 0.6) is 0 Å². The van der Waals surface area contributed by atoms with E-state index in [4.69, 9.17) is 10.5 Å². The van der Waals surface area contributed by atoms with E-state index in [2.05, 4.69) is 0 Å². The lowest BCUT2D eigenvalue weighted by molar-refractivity contribution is -0.136. The molecule has 0 spiro atoms. The van der Waals surface area contributed by atoms with Crippen LogP contribution in [-0.2, 0) is 9.53 Å². The van der Waals surface area contributed by atoms with Crippen molar-refractivity contribution >= 4 is 5.91 Å². The van der Waals surface area contributed by atoms with E-state index < -0.39 is 0 Å². The second-order valence-corrected chi connectivity index (χ2v) is 3.94. The van der Waals surface area contributed by atoms with Crippen LogP contribution in [0.2, 0.25) is 0 Å². The molecule has 0 aliphatic carbocycles. The summed E-state index contributed by atoms with van der Waals surface area (Å²) < 4.78 is 5.20. The Hall–Kier alpha value is -0.610. The van der Waals surface area contributed by atoms with E-state index >= 15 is 0 Å². The van der Waals surface area contributed by atoms with Gasteiger partial charge in [-0.25, -0.2) is 0 Å². The third kappa shape index (κ3) is 2.69. The van der Waals surface area contributed by atoms with E-state index in [9.17, 15) is 4.79 Å². The van der Waals surface area contributed by atoms with Crippen molar-refractivity contribution in [1.82, 2.24) is 4.90 Å². The summed E-state index contributed by atoms with van der Waals surface area (Å²) in [6, 6.07) is 0.230. The third-order valence-electron chi connectivity index (χ3n) is 2.87. The maximum atomic E-state index is 11.9. The minimum Gasteiger partial charge on any atom is -0.381 e. The van der Waals surface area contributed by atoms with Gasteiger partial charge in [-0.05, 0) is 26.3 Å². The number of nitrogens with two attached hydrogens (primary N) is 1. The molecule has 2 N–H and O–H groups in total. The van der Waals surface area contributed by atoms with Gasteiger partial charge in [0.15, 0.2) is 0 Å². The van der Waals surface area contributed by atoms with E-state index in [1.54, 1.807) is 4.90 Å². The van der Waals surface area contributed by atoms with Crippen molar-refractivity contribution < 1.29 is 9.53 Å². The summed E-state index contributed by atoms with van der Waals surface area (Å²) >= 11 is 0. The number of rotatable bonds is 4. The lowest BCUT2D eigenvalue weighted by Gasteiger charge is -2.26. The molecule has 4 heteroatoms. The van der Waals surface area contributed by atoms with Crippen LogP contribution in [0.25, 0.3) is 0 Å². The summed E-state index contributed by atoms with van der Waals surface area (Å²) in [5.41, 5.74) is 5.46. The molecule has 82 valence electrons. The lowest BCUT2D eigenvalue weighted by Crippen LogP contribution is -2.40. The van der Waals surface area contributed by atoms with Gasteiger partial charge in [0.1, 0.15) is 0 Å². The van der Waals surface area contributed by atoms with Crippen LogP contribution in [0.4, 0.5) is 0 Å². The van der Waals surface area contributed by atoms with E-state index in [0.29, 0.717) is 13.2 Å². The summed E-state index contributed by atoms with van der Waals surface area (Å²) in [6.07, 6.45) is 1.72. The average molecular weight is 200 g/mol. The molecule has 0 bridgehead atoms. The van der Waals surface area contributed by atoms with Gasteiger partial charge in [0.05, 0.1) is 12.5 Å². The van der Waals surface area contributed by atoms with E-state index in [1.807, 2.05) is 14.0 Å². The highest BCUT2D eigenvalue weighted by molar-refractivity contribution is 5.79. The highest BCUT2D eigenvalue weighted by Crippen LogP contribution is 2.16. The quantitative estimate of drug-likeness (QED) is 0.706. The summed E-state index contributed by atoms with van der Waals surface area (Å²) in [6.45, 7) is 3.95. The summed E-state index contributed by atoms with van der Waals surface area (Å²) in [5, 5.41) is 0. The van der Waals surface area contributed by atoms with E-state index in [-0.39, 0.29) is 17.9 Å². The first-order chi connectivity index (χ1) is 6.66. The number of hydrogen-bond acceptors (Lipinski definition) is 3. The second-order valence-electron chi connectivity index (χ2n) is 3.94. The molecule has 0 aromatic heterocycles. The first kappa shape index (κ1) is 11.5. The predicted octanol–water partition coefficient (Wildman–Crippen LogP) is 0.219. The molecule has 14 heavy (non-hydrogen) atoms. The van der Waals surface area contributed by atoms with Crippen LogP contribution < -0.4 is 5.73 Å². The minimum atomic E-state index is 0.0697. The van der Waals surface area contributed by atoms with Crippen molar-refractivity contribution in [1.29, 1.82) is 0 Å². The molecule has 2 unspecified atom stereocenters. The number of ether oxygens (including phenoxy) is 1. The predicted molar refractivity (Wildman–Crippen MR) is 54.8 cm³/mol. The molecule has 1 saturated heterocycles. The molecule has 1 aliphatic heterocycles. The fraction of sp³-hybridized carbons (Fsp3) is 0.900. The molecule has 1 fully saturated rings. The van der Waals surface area contributed by atoms with Crippen LogP contribution in [0, 0.1) is 5.92 Å². The van der Waals surface area contributed by atoms with Gasteiger partial charge < -0.3 is 15.4 Å². The van der Waals surface area contributed by atoms with Gasteiger partial charge in [-0.1, -0.05) is 0 Å². The highest BCUT2D eigenvalue weighted by Gasteiger charge is 2.27. The summed E-state index contributed by atoms with van der Waals surface area (Å²) in [5.74, 6) is 0.267. The van der Waals surface area contributed by atoms with Crippen molar-refractivity contribution in [2.45, 2.75) is 25.8 Å². The molecule has 1 aliphatic rings. The Morgan fingerprint density at radius 1 is 1.71 bits per heavy atom. The molecule has 0 radical (unpaired) electrons. The van der Waals surface area contributed by atoms with Crippen molar-refractivity contribution in [3.63, 3.8) is 0 Å². The monoisotopic (exact) mass is 200 g/mol. The lowest BCUT2D eigenvalue weighted by atomic mass is 10.1. The fourth-order valence-electron chi connectivity index (χ4n) is 1.67. The van der Waals surface area contributed by atoms with Gasteiger partial charge in [-0.2, -0.15) is 0 Å². The topological polar surface area (TPSA) is 55.6 Å². The first-order valence-electron chi connectivity index (χ1n) is 5.21. The van der Waals surface area contributed by atoms with Gasteiger partial charge in [-0.3, -0.25) is 4.79 Å². The fourth-order valence-corrected chi connectivity index (χ4v) is 1.67. The molecule has 0 saturated carbocycles. The molecule has 1 heterocycles. The Kier molecular flexibility index (Phi) is 4.35. The number of hydrogen-bond donors (Lipinski definition) is 1. The van der Waals surface area contributed by atoms with Crippen molar-refractivity contribution in [2.75, 3.05) is 26.8 Å². The van der Waals surface area contributed by atoms with Crippen LogP contribution in [0.15, 0.2) is 0 Å². The molecule has 0 aromatic rings. The van der Waals surface area contributed by atoms with Crippen LogP contribution in [0.1, 0.15) is 19.8 Å². The Balaban J connectivity index is 2.42. The van der Waals surface area contributed by atoms with Gasteiger partial charge in [-0.15, -0.1) is 0 Å². The maximum Gasteiger partial charge on any atom is 0.228 e. The first-order valence-corrected chi connectivity index (χ1v) is 5.21. The smallest absolute Gasteiger partial charge is 0.228 e. The van der Waals surface area contributed by atoms with Crippen molar-refractivity contribution in [2.24, 2.45) is 11.7 Å². The molecule has 4 nitrogen and oxygen atoms in total. The highest BCUT2D eigenvalue weighted by atomic mass is 16.5. The van der Waals surface area contributed by atoms with Crippen LogP contribution in [0.3, 0.4) is 0 Å². The van der Waals surface area contributed by atoms with Crippen LogP contribution in [-0.4, -0.2) is 43.7 Å². The molecule has 1 rings (SSSR count). The minimum absolute atomic E-state index is 0.0697. The van der Waals surface area contributed by atoms with Gasteiger partial charge in [0.2, 0.25) is 5.91 Å². The Labute approximate surface area is 85.4 Å². The van der Waals surface area contributed by atoms with E-state index in [0.717, 1.165) is 19.4 Å². The number of nitrogens with zero attached hydrogens (tertiary/aromatic N) is 1. The summed E-state index contributed by atoms with van der Waals surface area (Å²) in [4.78, 5) is 13.7. The van der Waals surface area contributed by atoms with Crippen molar-refractivity contribution in [3.8, 4) is 0 Å². The van der Waals surface area contributed by atoms with Crippen LogP contribution >= 0.6 is 0 Å². The third-order valence-corrected chi connectivity index (χ3v) is 2.87. The van der Waals surface area contributed by atoms with Gasteiger partial charge in [0.25, 0.3) is 0 Å². The van der Waals surface area contributed by atoms with E-state index in [1.165, 1.54) is 0 Å². The average Bonchev–Trinajstić information content (AvgIpc) is 2.68.